The predicted octanol–water partition coefficient (Wildman–Crippen LogP) is 4.80. The number of amides is 2. The number of carbonyl (C=O) groups is 3. The lowest BCUT2D eigenvalue weighted by Crippen LogP contribution is -2.32. The van der Waals surface area contributed by atoms with Gasteiger partial charge in [-0.25, -0.2) is 4.90 Å². The number of esters is 1. The van der Waals surface area contributed by atoms with Crippen LogP contribution in [0.3, 0.4) is 0 Å². The van der Waals surface area contributed by atoms with Crippen LogP contribution in [-0.4, -0.2) is 17.8 Å². The van der Waals surface area contributed by atoms with Gasteiger partial charge in [-0.1, -0.05) is 58.0 Å². The molecule has 28 heavy (non-hydrogen) atoms. The second-order valence-electron chi connectivity index (χ2n) is 7.66. The molecule has 0 radical (unpaired) electrons. The zero-order valence-electron chi connectivity index (χ0n) is 16.9. The van der Waals surface area contributed by atoms with Crippen LogP contribution in [0.5, 0.6) is 0 Å². The van der Waals surface area contributed by atoms with Gasteiger partial charge in [0.2, 0.25) is 0 Å². The Morgan fingerprint density at radius 1 is 0.929 bits per heavy atom. The van der Waals surface area contributed by atoms with Crippen LogP contribution in [0.2, 0.25) is 0 Å². The summed E-state index contributed by atoms with van der Waals surface area (Å²) in [6.45, 7) is 9.48. The SMILES string of the molecule is CC(=O)OCc1cccc2c1C(=O)N(c1c(C(C)C)cccc1C(C)C)C2=O. The Morgan fingerprint density at radius 2 is 1.50 bits per heavy atom. The summed E-state index contributed by atoms with van der Waals surface area (Å²) >= 11 is 0. The molecule has 1 aliphatic heterocycles. The first-order valence-corrected chi connectivity index (χ1v) is 9.50. The maximum absolute atomic E-state index is 13.4. The number of fused-ring (bicyclic) bond motifs is 1. The highest BCUT2D eigenvalue weighted by atomic mass is 16.5. The molecular weight excluding hydrogens is 354 g/mol. The molecule has 0 unspecified atom stereocenters. The molecule has 0 atom stereocenters. The maximum Gasteiger partial charge on any atom is 0.302 e. The van der Waals surface area contributed by atoms with Gasteiger partial charge in [-0.3, -0.25) is 14.4 Å². The van der Waals surface area contributed by atoms with Crippen LogP contribution in [0.4, 0.5) is 5.69 Å². The van der Waals surface area contributed by atoms with Gasteiger partial charge in [0.05, 0.1) is 16.8 Å². The minimum absolute atomic E-state index is 0.0335. The monoisotopic (exact) mass is 379 g/mol. The number of hydrogen-bond acceptors (Lipinski definition) is 4. The van der Waals surface area contributed by atoms with Crippen molar-refractivity contribution in [3.05, 3.63) is 64.2 Å². The Hall–Kier alpha value is -2.95. The van der Waals surface area contributed by atoms with Crippen molar-refractivity contribution in [2.45, 2.75) is 53.1 Å². The largest absolute Gasteiger partial charge is 0.461 e. The molecule has 2 aromatic rings. The second kappa shape index (κ2) is 7.58. The van der Waals surface area contributed by atoms with Crippen molar-refractivity contribution in [3.63, 3.8) is 0 Å². The van der Waals surface area contributed by atoms with E-state index < -0.39 is 5.97 Å². The van der Waals surface area contributed by atoms with Gasteiger partial charge in [-0.2, -0.15) is 0 Å². The fraction of sp³-hybridized carbons (Fsp3) is 0.348. The summed E-state index contributed by atoms with van der Waals surface area (Å²) in [4.78, 5) is 39.1. The average Bonchev–Trinajstić information content (AvgIpc) is 2.90. The van der Waals surface area contributed by atoms with Gasteiger partial charge in [0.25, 0.3) is 11.8 Å². The van der Waals surface area contributed by atoms with Crippen molar-refractivity contribution in [3.8, 4) is 0 Å². The fourth-order valence-corrected chi connectivity index (χ4v) is 3.63. The zero-order chi connectivity index (χ0) is 20.6. The van der Waals surface area contributed by atoms with Gasteiger partial charge in [0.1, 0.15) is 6.61 Å². The van der Waals surface area contributed by atoms with E-state index in [1.807, 2.05) is 45.9 Å². The number of rotatable bonds is 5. The summed E-state index contributed by atoms with van der Waals surface area (Å²) in [5.74, 6) is -0.826. The molecule has 0 aromatic heterocycles. The van der Waals surface area contributed by atoms with Gasteiger partial charge in [-0.05, 0) is 29.0 Å². The van der Waals surface area contributed by atoms with E-state index in [0.717, 1.165) is 11.1 Å². The third-order valence-electron chi connectivity index (χ3n) is 5.00. The lowest BCUT2D eigenvalue weighted by atomic mass is 9.92. The molecule has 0 spiro atoms. The topological polar surface area (TPSA) is 63.7 Å². The molecule has 1 aliphatic rings. The van der Waals surface area contributed by atoms with Gasteiger partial charge in [0.15, 0.2) is 0 Å². The zero-order valence-corrected chi connectivity index (χ0v) is 16.9. The van der Waals surface area contributed by atoms with Crippen molar-refractivity contribution >= 4 is 23.5 Å². The van der Waals surface area contributed by atoms with E-state index in [9.17, 15) is 14.4 Å². The Kier molecular flexibility index (Phi) is 5.36. The van der Waals surface area contributed by atoms with Crippen molar-refractivity contribution in [1.82, 2.24) is 0 Å². The first kappa shape index (κ1) is 19.8. The normalized spacial score (nSPS) is 13.5. The molecule has 0 saturated heterocycles. The van der Waals surface area contributed by atoms with E-state index in [0.29, 0.717) is 22.4 Å². The van der Waals surface area contributed by atoms with Crippen LogP contribution in [0.1, 0.15) is 83.9 Å². The molecule has 1 heterocycles. The van der Waals surface area contributed by atoms with Crippen LogP contribution in [-0.2, 0) is 16.1 Å². The molecule has 2 aromatic carbocycles. The minimum atomic E-state index is -0.432. The van der Waals surface area contributed by atoms with Crippen molar-refractivity contribution in [1.29, 1.82) is 0 Å². The molecule has 0 aliphatic carbocycles. The van der Waals surface area contributed by atoms with Crippen molar-refractivity contribution in [2.75, 3.05) is 4.90 Å². The third kappa shape index (κ3) is 3.33. The molecule has 0 fully saturated rings. The summed E-state index contributed by atoms with van der Waals surface area (Å²) in [6.07, 6.45) is 0. The number of ether oxygens (including phenoxy) is 1. The van der Waals surface area contributed by atoms with Crippen LogP contribution in [0.25, 0.3) is 0 Å². The van der Waals surface area contributed by atoms with Crippen LogP contribution in [0, 0.1) is 0 Å². The van der Waals surface area contributed by atoms with E-state index in [1.54, 1.807) is 18.2 Å². The highest BCUT2D eigenvalue weighted by Gasteiger charge is 2.40. The second-order valence-corrected chi connectivity index (χ2v) is 7.66. The van der Waals surface area contributed by atoms with Crippen LogP contribution in [0.15, 0.2) is 36.4 Å². The van der Waals surface area contributed by atoms with Crippen molar-refractivity contribution in [2.24, 2.45) is 0 Å². The highest BCUT2D eigenvalue weighted by Crippen LogP contribution is 2.40. The third-order valence-corrected chi connectivity index (χ3v) is 5.00. The summed E-state index contributed by atoms with van der Waals surface area (Å²) in [5, 5.41) is 0. The first-order valence-electron chi connectivity index (χ1n) is 9.50. The lowest BCUT2D eigenvalue weighted by Gasteiger charge is -2.25. The molecular formula is C23H25NO4. The smallest absolute Gasteiger partial charge is 0.302 e. The fourth-order valence-electron chi connectivity index (χ4n) is 3.63. The van der Waals surface area contributed by atoms with E-state index in [2.05, 4.69) is 0 Å². The van der Waals surface area contributed by atoms with Crippen LogP contribution < -0.4 is 4.90 Å². The Morgan fingerprint density at radius 3 is 2.04 bits per heavy atom. The molecule has 146 valence electrons. The Balaban J connectivity index is 2.16. The van der Waals surface area contributed by atoms with E-state index >= 15 is 0 Å². The molecule has 3 rings (SSSR count). The number of benzene rings is 2. The summed E-state index contributed by atoms with van der Waals surface area (Å²) < 4.78 is 5.08. The number of para-hydroxylation sites is 1. The molecule has 2 amide bonds. The first-order chi connectivity index (χ1) is 13.2. The standard InChI is InChI=1S/C23H25NO4/c1-13(2)17-9-7-10-18(14(3)4)21(17)24-22(26)19-11-6-8-16(12-28-15(5)25)20(19)23(24)27/h6-11,13-14H,12H2,1-5H3. The number of nitrogens with zero attached hydrogens (tertiary/aromatic N) is 1. The predicted molar refractivity (Wildman–Crippen MR) is 108 cm³/mol. The molecule has 5 heteroatoms. The molecule has 0 bridgehead atoms. The Bertz CT molecular complexity index is 933. The summed E-state index contributed by atoms with van der Waals surface area (Å²) in [6, 6.07) is 11.0. The van der Waals surface area contributed by atoms with E-state index in [4.69, 9.17) is 4.74 Å². The number of anilines is 1. The van der Waals surface area contributed by atoms with E-state index in [-0.39, 0.29) is 30.3 Å². The summed E-state index contributed by atoms with van der Waals surface area (Å²) in [7, 11) is 0. The maximum atomic E-state index is 13.4. The summed E-state index contributed by atoms with van der Waals surface area (Å²) in [5.41, 5.74) is 3.81. The Labute approximate surface area is 165 Å². The van der Waals surface area contributed by atoms with Crippen LogP contribution >= 0.6 is 0 Å². The molecule has 0 saturated carbocycles. The number of imide groups is 1. The van der Waals surface area contributed by atoms with E-state index in [1.165, 1.54) is 11.8 Å². The highest BCUT2D eigenvalue weighted by molar-refractivity contribution is 6.35. The number of hydrogen-bond donors (Lipinski definition) is 0. The number of carbonyl (C=O) groups excluding carboxylic acids is 3. The lowest BCUT2D eigenvalue weighted by molar-refractivity contribution is -0.142. The minimum Gasteiger partial charge on any atom is -0.461 e. The molecule has 0 N–H and O–H groups in total. The van der Waals surface area contributed by atoms with Gasteiger partial charge >= 0.3 is 5.97 Å². The quantitative estimate of drug-likeness (QED) is 0.553. The van der Waals surface area contributed by atoms with Gasteiger partial charge < -0.3 is 4.74 Å². The van der Waals surface area contributed by atoms with Gasteiger partial charge in [-0.15, -0.1) is 0 Å². The van der Waals surface area contributed by atoms with Gasteiger partial charge in [0, 0.05) is 12.5 Å². The average molecular weight is 379 g/mol. The molecule has 5 nitrogen and oxygen atoms in total. The van der Waals surface area contributed by atoms with Crippen molar-refractivity contribution < 1.29 is 19.1 Å².